The summed E-state index contributed by atoms with van der Waals surface area (Å²) in [6.07, 6.45) is 33.5. The summed E-state index contributed by atoms with van der Waals surface area (Å²) in [6, 6.07) is 4.95. The van der Waals surface area contributed by atoms with Crippen LogP contribution in [0.15, 0.2) is 18.2 Å². The van der Waals surface area contributed by atoms with Crippen LogP contribution in [-0.4, -0.2) is 43.2 Å². The average molecular weight is 878 g/mol. The Labute approximate surface area is 376 Å². The number of hydrogen-bond donors (Lipinski definition) is 2. The molecule has 8 nitrogen and oxygen atoms in total. The Morgan fingerprint density at radius 2 is 0.918 bits per heavy atom. The highest BCUT2D eigenvalue weighted by Crippen LogP contribution is 2.34. The van der Waals surface area contributed by atoms with Gasteiger partial charge in [0, 0.05) is 31.3 Å². The molecule has 0 saturated heterocycles. The van der Waals surface area contributed by atoms with Gasteiger partial charge >= 0.3 is 11.9 Å². The minimum absolute atomic E-state index is 0.0886. The summed E-state index contributed by atoms with van der Waals surface area (Å²) < 4.78 is 45.6. The molecule has 0 saturated carbocycles. The van der Waals surface area contributed by atoms with E-state index in [1.54, 1.807) is 18.2 Å². The largest absolute Gasteiger partial charge is 0.423 e. The van der Waals surface area contributed by atoms with Gasteiger partial charge in [0.25, 0.3) is 10.1 Å². The number of benzene rings is 1. The number of esters is 2. The highest BCUT2D eigenvalue weighted by atomic mass is 32.2. The number of ether oxygens (including phenoxy) is 2. The molecule has 5 unspecified atom stereocenters. The molecular formula is C52H95NO7S. The van der Waals surface area contributed by atoms with Gasteiger partial charge in [-0.05, 0) is 41.4 Å². The fourth-order valence-electron chi connectivity index (χ4n) is 8.47. The molecule has 1 aromatic rings. The summed E-state index contributed by atoms with van der Waals surface area (Å²) >= 11 is 0. The highest BCUT2D eigenvalue weighted by Gasteiger charge is 2.24. The molecule has 0 amide bonds. The standard InChI is InChI=1S/C52H95NO7S/c1-9-11-13-15-17-19-21-23-25-29-43(5)31-27-33-45(7)37-51(54)59-49-36-35-47(48(40-53-42(3)4)41-61(56,57)58)39-50(49)60-52(55)38-46(8)34-28-32-44(6)30-26-24-22-20-18-16-14-12-10-2/h35-36,39,42-46,48,53H,9-34,37-38,40-41H2,1-8H3,(H,56,57,58). The first kappa shape index (κ1) is 57.0. The topological polar surface area (TPSA) is 119 Å². The number of carbonyl (C=O) groups excluding carboxylic acids is 2. The van der Waals surface area contributed by atoms with Gasteiger partial charge in [0.2, 0.25) is 0 Å². The van der Waals surface area contributed by atoms with E-state index < -0.39 is 27.8 Å². The van der Waals surface area contributed by atoms with Crippen molar-refractivity contribution in [3.8, 4) is 11.5 Å². The van der Waals surface area contributed by atoms with Crippen molar-refractivity contribution in [3.05, 3.63) is 23.8 Å². The molecule has 0 aromatic heterocycles. The Kier molecular flexibility index (Phi) is 33.1. The van der Waals surface area contributed by atoms with E-state index in [2.05, 4.69) is 46.9 Å². The molecular weight excluding hydrogens is 783 g/mol. The fourth-order valence-corrected chi connectivity index (χ4v) is 9.29. The zero-order valence-electron chi connectivity index (χ0n) is 40.7. The zero-order chi connectivity index (χ0) is 45.3. The van der Waals surface area contributed by atoms with E-state index in [4.69, 9.17) is 9.47 Å². The fraction of sp³-hybridized carbons (Fsp3) is 0.846. The van der Waals surface area contributed by atoms with Gasteiger partial charge in [0.15, 0.2) is 11.5 Å². The SMILES string of the molecule is CCCCCCCCCCCC(C)CCCC(C)CC(=O)Oc1ccc(C(CNC(C)C)CS(=O)(=O)O)cc1OC(=O)CC(C)CCCC(C)CCCCCCCCCCC. The minimum atomic E-state index is -4.30. The molecule has 356 valence electrons. The minimum Gasteiger partial charge on any atom is -0.423 e. The highest BCUT2D eigenvalue weighted by molar-refractivity contribution is 7.85. The third kappa shape index (κ3) is 32.4. The Balaban J connectivity index is 2.75. The molecule has 61 heavy (non-hydrogen) atoms. The molecule has 0 heterocycles. The second-order valence-electron chi connectivity index (χ2n) is 19.6. The van der Waals surface area contributed by atoms with E-state index in [0.717, 1.165) is 38.5 Å². The van der Waals surface area contributed by atoms with E-state index in [1.165, 1.54) is 128 Å². The van der Waals surface area contributed by atoms with E-state index in [9.17, 15) is 22.6 Å². The van der Waals surface area contributed by atoms with Crippen LogP contribution >= 0.6 is 0 Å². The van der Waals surface area contributed by atoms with Crippen molar-refractivity contribution in [3.63, 3.8) is 0 Å². The summed E-state index contributed by atoms with van der Waals surface area (Å²) in [5, 5.41) is 3.25. The number of rotatable bonds is 40. The lowest BCUT2D eigenvalue weighted by molar-refractivity contribution is -0.138. The molecule has 1 aromatic carbocycles. The Morgan fingerprint density at radius 3 is 1.33 bits per heavy atom. The molecule has 0 aliphatic carbocycles. The molecule has 0 radical (unpaired) electrons. The second kappa shape index (κ2) is 35.4. The van der Waals surface area contributed by atoms with Crippen LogP contribution in [0.4, 0.5) is 0 Å². The summed E-state index contributed by atoms with van der Waals surface area (Å²) in [7, 11) is -4.30. The number of nitrogens with one attached hydrogen (secondary N) is 1. The van der Waals surface area contributed by atoms with E-state index >= 15 is 0 Å². The van der Waals surface area contributed by atoms with Gasteiger partial charge in [0.1, 0.15) is 0 Å². The Hall–Kier alpha value is -1.97. The quantitative estimate of drug-likeness (QED) is 0.0290. The zero-order valence-corrected chi connectivity index (χ0v) is 41.5. The van der Waals surface area contributed by atoms with Gasteiger partial charge in [-0.15, -0.1) is 0 Å². The predicted molar refractivity (Wildman–Crippen MR) is 257 cm³/mol. The third-order valence-electron chi connectivity index (χ3n) is 12.5. The lowest BCUT2D eigenvalue weighted by Gasteiger charge is -2.21. The summed E-state index contributed by atoms with van der Waals surface area (Å²) in [5.41, 5.74) is 0.562. The monoisotopic (exact) mass is 878 g/mol. The molecule has 0 bridgehead atoms. The maximum Gasteiger partial charge on any atom is 0.311 e. The van der Waals surface area contributed by atoms with Crippen molar-refractivity contribution in [1.82, 2.24) is 5.32 Å². The average Bonchev–Trinajstić information content (AvgIpc) is 3.18. The van der Waals surface area contributed by atoms with E-state index in [-0.39, 0.29) is 54.7 Å². The van der Waals surface area contributed by atoms with Crippen LogP contribution in [0.25, 0.3) is 0 Å². The van der Waals surface area contributed by atoms with Gasteiger partial charge in [-0.1, -0.05) is 228 Å². The van der Waals surface area contributed by atoms with Crippen molar-refractivity contribution in [2.75, 3.05) is 12.3 Å². The molecule has 0 aliphatic heterocycles. The number of carbonyl (C=O) groups is 2. The van der Waals surface area contributed by atoms with Crippen molar-refractivity contribution >= 4 is 22.1 Å². The predicted octanol–water partition coefficient (Wildman–Crippen LogP) is 15.0. The van der Waals surface area contributed by atoms with Gasteiger partial charge in [-0.3, -0.25) is 14.1 Å². The number of hydrogen-bond acceptors (Lipinski definition) is 7. The van der Waals surface area contributed by atoms with Crippen molar-refractivity contribution in [2.45, 2.75) is 247 Å². The van der Waals surface area contributed by atoms with Crippen LogP contribution in [0.5, 0.6) is 11.5 Å². The van der Waals surface area contributed by atoms with Crippen LogP contribution in [0.2, 0.25) is 0 Å². The smallest absolute Gasteiger partial charge is 0.311 e. The molecule has 5 atom stereocenters. The number of unbranched alkanes of at least 4 members (excludes halogenated alkanes) is 16. The Bertz CT molecular complexity index is 1370. The van der Waals surface area contributed by atoms with E-state index in [1.807, 2.05) is 13.8 Å². The van der Waals surface area contributed by atoms with Crippen molar-refractivity contribution in [1.29, 1.82) is 0 Å². The van der Waals surface area contributed by atoms with E-state index in [0.29, 0.717) is 17.4 Å². The summed E-state index contributed by atoms with van der Waals surface area (Å²) in [6.45, 7) is 17.6. The van der Waals surface area contributed by atoms with Gasteiger partial charge in [-0.25, -0.2) is 0 Å². The van der Waals surface area contributed by atoms with Crippen molar-refractivity contribution < 1.29 is 32.0 Å². The first-order valence-electron chi connectivity index (χ1n) is 25.4. The maximum absolute atomic E-state index is 13.4. The van der Waals surface area contributed by atoms with Crippen LogP contribution in [0.3, 0.4) is 0 Å². The van der Waals surface area contributed by atoms with Crippen molar-refractivity contribution in [2.24, 2.45) is 23.7 Å². The molecule has 2 N–H and O–H groups in total. The molecule has 9 heteroatoms. The van der Waals surface area contributed by atoms with Crippen LogP contribution in [-0.2, 0) is 19.7 Å². The third-order valence-corrected chi connectivity index (χ3v) is 13.3. The van der Waals surface area contributed by atoms with Gasteiger partial charge < -0.3 is 14.8 Å². The first-order valence-corrected chi connectivity index (χ1v) is 27.0. The van der Waals surface area contributed by atoms with Crippen LogP contribution in [0, 0.1) is 23.7 Å². The van der Waals surface area contributed by atoms with Gasteiger partial charge in [0.05, 0.1) is 5.75 Å². The lowest BCUT2D eigenvalue weighted by atomic mass is 9.93. The van der Waals surface area contributed by atoms with Crippen LogP contribution < -0.4 is 14.8 Å². The van der Waals surface area contributed by atoms with Gasteiger partial charge in [-0.2, -0.15) is 8.42 Å². The lowest BCUT2D eigenvalue weighted by Crippen LogP contribution is -2.31. The Morgan fingerprint density at radius 1 is 0.541 bits per heavy atom. The molecule has 1 rings (SSSR count). The first-order chi connectivity index (χ1) is 29.1. The summed E-state index contributed by atoms with van der Waals surface area (Å²) in [4.78, 5) is 26.6. The molecule has 0 aliphatic rings. The normalized spacial score (nSPS) is 14.5. The maximum atomic E-state index is 13.4. The molecule has 0 fully saturated rings. The van der Waals surface area contributed by atoms with Crippen LogP contribution in [0.1, 0.15) is 247 Å². The molecule has 0 spiro atoms. The second-order valence-corrected chi connectivity index (χ2v) is 21.1. The summed E-state index contributed by atoms with van der Waals surface area (Å²) in [5.74, 6) is -0.0505.